The quantitative estimate of drug-likeness (QED) is 0.779. The molecule has 3 heteroatoms. The number of nitrogens with one attached hydrogen (secondary N) is 1. The smallest absolute Gasteiger partial charge is 0.0391 e. The molecule has 0 amide bonds. The average Bonchev–Trinajstić information content (AvgIpc) is 2.48. The lowest BCUT2D eigenvalue weighted by atomic mass is 10.1. The highest BCUT2D eigenvalue weighted by Gasteiger charge is 2.36. The summed E-state index contributed by atoms with van der Waals surface area (Å²) >= 11 is 0. The zero-order valence-corrected chi connectivity index (χ0v) is 10.6. The molecule has 0 bridgehead atoms. The molecule has 1 N–H and O–H groups in total. The summed E-state index contributed by atoms with van der Waals surface area (Å²) in [4.78, 5) is 0. The average molecular weight is 217 g/mol. The van der Waals surface area contributed by atoms with Crippen LogP contribution >= 0.6 is 0 Å². The van der Waals surface area contributed by atoms with E-state index in [0.717, 1.165) is 13.0 Å². The summed E-state index contributed by atoms with van der Waals surface area (Å²) in [5.74, 6) is 0.568. The normalized spacial score (nSPS) is 35.1. The minimum Gasteiger partial charge on any atom is -0.314 e. The van der Waals surface area contributed by atoms with Gasteiger partial charge in [0.15, 0.2) is 0 Å². The molecule has 1 aliphatic carbocycles. The van der Waals surface area contributed by atoms with Crippen LogP contribution in [0.3, 0.4) is 0 Å². The Morgan fingerprint density at radius 3 is 2.57 bits per heavy atom. The molecule has 0 aromatic heterocycles. The maximum Gasteiger partial charge on any atom is 0.0391 e. The maximum absolute atomic E-state index is 12.0. The SMILES string of the molecule is CCNC1CCC(S(=O)C(C)C)C1C. The third-order valence-corrected chi connectivity index (χ3v) is 5.40. The molecule has 0 heterocycles. The Balaban J connectivity index is 2.54. The summed E-state index contributed by atoms with van der Waals surface area (Å²) in [6.45, 7) is 9.52. The third-order valence-electron chi connectivity index (χ3n) is 3.21. The molecular formula is C11H23NOS. The molecule has 1 rings (SSSR count). The van der Waals surface area contributed by atoms with E-state index < -0.39 is 10.8 Å². The molecule has 84 valence electrons. The molecule has 4 unspecified atom stereocenters. The molecule has 1 fully saturated rings. The maximum atomic E-state index is 12.0. The molecule has 1 aliphatic rings. The van der Waals surface area contributed by atoms with Crippen molar-refractivity contribution in [3.05, 3.63) is 0 Å². The Bertz CT molecular complexity index is 205. The van der Waals surface area contributed by atoms with Crippen molar-refractivity contribution in [3.63, 3.8) is 0 Å². The molecule has 2 nitrogen and oxygen atoms in total. The van der Waals surface area contributed by atoms with Crippen LogP contribution in [-0.2, 0) is 10.8 Å². The van der Waals surface area contributed by atoms with E-state index in [-0.39, 0.29) is 0 Å². The van der Waals surface area contributed by atoms with E-state index in [2.05, 4.69) is 33.0 Å². The van der Waals surface area contributed by atoms with Gasteiger partial charge in [-0.2, -0.15) is 0 Å². The lowest BCUT2D eigenvalue weighted by Crippen LogP contribution is -2.36. The lowest BCUT2D eigenvalue weighted by molar-refractivity contribution is 0.438. The molecule has 0 aliphatic heterocycles. The predicted octanol–water partition coefficient (Wildman–Crippen LogP) is 1.92. The fourth-order valence-electron chi connectivity index (χ4n) is 2.36. The fraction of sp³-hybridized carbons (Fsp3) is 1.00. The zero-order valence-electron chi connectivity index (χ0n) is 9.75. The summed E-state index contributed by atoms with van der Waals surface area (Å²) in [5.41, 5.74) is 0. The first kappa shape index (κ1) is 12.2. The Morgan fingerprint density at radius 1 is 1.43 bits per heavy atom. The molecule has 0 aromatic carbocycles. The van der Waals surface area contributed by atoms with Gasteiger partial charge in [0.1, 0.15) is 0 Å². The molecule has 0 aromatic rings. The van der Waals surface area contributed by atoms with Crippen molar-refractivity contribution >= 4 is 10.8 Å². The number of hydrogen-bond acceptors (Lipinski definition) is 2. The Kier molecular flexibility index (Phi) is 4.58. The van der Waals surface area contributed by atoms with Gasteiger partial charge in [0, 0.05) is 27.3 Å². The van der Waals surface area contributed by atoms with Gasteiger partial charge < -0.3 is 5.32 Å². The lowest BCUT2D eigenvalue weighted by Gasteiger charge is -2.22. The zero-order chi connectivity index (χ0) is 10.7. The van der Waals surface area contributed by atoms with Crippen molar-refractivity contribution < 1.29 is 4.21 Å². The second-order valence-corrected chi connectivity index (χ2v) is 6.72. The summed E-state index contributed by atoms with van der Waals surface area (Å²) in [7, 11) is -0.641. The molecule has 0 radical (unpaired) electrons. The van der Waals surface area contributed by atoms with Crippen molar-refractivity contribution in [2.75, 3.05) is 6.54 Å². The van der Waals surface area contributed by atoms with E-state index in [1.165, 1.54) is 6.42 Å². The molecule has 14 heavy (non-hydrogen) atoms. The van der Waals surface area contributed by atoms with Gasteiger partial charge in [-0.05, 0) is 25.3 Å². The second-order valence-electron chi connectivity index (χ2n) is 4.52. The number of hydrogen-bond donors (Lipinski definition) is 1. The Labute approximate surface area is 90.3 Å². The van der Waals surface area contributed by atoms with Gasteiger partial charge in [-0.3, -0.25) is 4.21 Å². The highest BCUT2D eigenvalue weighted by Crippen LogP contribution is 2.31. The monoisotopic (exact) mass is 217 g/mol. The van der Waals surface area contributed by atoms with Gasteiger partial charge >= 0.3 is 0 Å². The summed E-state index contributed by atoms with van der Waals surface area (Å²) in [6, 6.07) is 0.590. The summed E-state index contributed by atoms with van der Waals surface area (Å²) in [6.07, 6.45) is 2.32. The van der Waals surface area contributed by atoms with Gasteiger partial charge in [0.25, 0.3) is 0 Å². The van der Waals surface area contributed by atoms with E-state index in [9.17, 15) is 4.21 Å². The van der Waals surface area contributed by atoms with E-state index in [1.54, 1.807) is 0 Å². The molecular weight excluding hydrogens is 194 g/mol. The van der Waals surface area contributed by atoms with Crippen LogP contribution in [0.2, 0.25) is 0 Å². The van der Waals surface area contributed by atoms with Crippen LogP contribution in [0.1, 0.15) is 40.5 Å². The summed E-state index contributed by atoms with van der Waals surface area (Å²) in [5, 5.41) is 4.21. The van der Waals surface area contributed by atoms with Gasteiger partial charge in [-0.1, -0.05) is 27.7 Å². The van der Waals surface area contributed by atoms with Gasteiger partial charge in [-0.25, -0.2) is 0 Å². The predicted molar refractivity (Wildman–Crippen MR) is 62.9 cm³/mol. The van der Waals surface area contributed by atoms with E-state index in [0.29, 0.717) is 22.5 Å². The van der Waals surface area contributed by atoms with Crippen molar-refractivity contribution in [3.8, 4) is 0 Å². The van der Waals surface area contributed by atoms with Crippen LogP contribution in [0.5, 0.6) is 0 Å². The van der Waals surface area contributed by atoms with Crippen molar-refractivity contribution in [1.29, 1.82) is 0 Å². The van der Waals surface area contributed by atoms with Gasteiger partial charge in [0.05, 0.1) is 0 Å². The molecule has 1 saturated carbocycles. The van der Waals surface area contributed by atoms with Crippen LogP contribution < -0.4 is 5.32 Å². The number of rotatable bonds is 4. The first-order valence-corrected chi connectivity index (χ1v) is 6.98. The fourth-order valence-corrected chi connectivity index (χ4v) is 4.04. The Morgan fingerprint density at radius 2 is 2.07 bits per heavy atom. The molecule has 0 saturated heterocycles. The standard InChI is InChI=1S/C11H23NOS/c1-5-12-10-6-7-11(9(10)4)14(13)8(2)3/h8-12H,5-7H2,1-4H3. The van der Waals surface area contributed by atoms with Crippen LogP contribution in [0.15, 0.2) is 0 Å². The van der Waals surface area contributed by atoms with Gasteiger partial charge in [-0.15, -0.1) is 0 Å². The third kappa shape index (κ3) is 2.57. The summed E-state index contributed by atoms with van der Waals surface area (Å²) < 4.78 is 12.0. The van der Waals surface area contributed by atoms with E-state index in [4.69, 9.17) is 0 Å². The highest BCUT2D eigenvalue weighted by molar-refractivity contribution is 7.86. The molecule has 4 atom stereocenters. The molecule has 0 spiro atoms. The first-order valence-electron chi connectivity index (χ1n) is 5.70. The van der Waals surface area contributed by atoms with Crippen LogP contribution in [-0.4, -0.2) is 27.3 Å². The van der Waals surface area contributed by atoms with E-state index in [1.807, 2.05) is 0 Å². The first-order chi connectivity index (χ1) is 6.57. The van der Waals surface area contributed by atoms with Crippen LogP contribution in [0.4, 0.5) is 0 Å². The Hall–Kier alpha value is 0.110. The highest BCUT2D eigenvalue weighted by atomic mass is 32.2. The minimum atomic E-state index is -0.641. The van der Waals surface area contributed by atoms with Crippen molar-refractivity contribution in [1.82, 2.24) is 5.32 Å². The van der Waals surface area contributed by atoms with Crippen LogP contribution in [0, 0.1) is 5.92 Å². The van der Waals surface area contributed by atoms with Crippen LogP contribution in [0.25, 0.3) is 0 Å². The van der Waals surface area contributed by atoms with Crippen molar-refractivity contribution in [2.24, 2.45) is 5.92 Å². The topological polar surface area (TPSA) is 29.1 Å². The van der Waals surface area contributed by atoms with Crippen molar-refractivity contribution in [2.45, 2.75) is 57.1 Å². The van der Waals surface area contributed by atoms with Gasteiger partial charge in [0.2, 0.25) is 0 Å². The second kappa shape index (κ2) is 5.26. The minimum absolute atomic E-state index is 0.308. The largest absolute Gasteiger partial charge is 0.314 e. The van der Waals surface area contributed by atoms with E-state index >= 15 is 0 Å².